The molecule has 0 spiro atoms. The van der Waals surface area contributed by atoms with Gasteiger partial charge in [0.25, 0.3) is 0 Å². The van der Waals surface area contributed by atoms with Gasteiger partial charge in [-0.15, -0.1) is 0 Å². The van der Waals surface area contributed by atoms with E-state index in [-0.39, 0.29) is 0 Å². The third-order valence-corrected chi connectivity index (χ3v) is 4.08. The van der Waals surface area contributed by atoms with Gasteiger partial charge >= 0.3 is 0 Å². The van der Waals surface area contributed by atoms with Gasteiger partial charge in [0.1, 0.15) is 6.07 Å². The summed E-state index contributed by atoms with van der Waals surface area (Å²) in [5.41, 5.74) is 1.73. The number of nitriles is 1. The van der Waals surface area contributed by atoms with E-state index in [0.29, 0.717) is 5.02 Å². The molecule has 1 saturated heterocycles. The third kappa shape index (κ3) is 2.97. The molecule has 1 aromatic carbocycles. The topological polar surface area (TPSA) is 27.0 Å². The average Bonchev–Trinajstić information content (AvgIpc) is 2.63. The number of hydrogen-bond donors (Lipinski definition) is 0. The molecule has 1 atom stereocenters. The Kier molecular flexibility index (Phi) is 4.49. The lowest BCUT2D eigenvalue weighted by molar-refractivity contribution is 0.459. The highest BCUT2D eigenvalue weighted by molar-refractivity contribution is 6.30. The summed E-state index contributed by atoms with van der Waals surface area (Å²) < 4.78 is 0. The van der Waals surface area contributed by atoms with Crippen LogP contribution < -0.4 is 4.90 Å². The molecule has 1 fully saturated rings. The minimum absolute atomic E-state index is 0.709. The van der Waals surface area contributed by atoms with E-state index in [2.05, 4.69) is 17.9 Å². The standard InChI is InChI=1S/C15H19ClN2/c1-2-12-4-3-8-18(9-7-12)15-10-14(16)6-5-13(15)11-17/h5-6,10,12H,2-4,7-9H2,1H3. The zero-order chi connectivity index (χ0) is 13.0. The minimum atomic E-state index is 0.709. The first-order chi connectivity index (χ1) is 8.74. The van der Waals surface area contributed by atoms with Crippen molar-refractivity contribution in [2.24, 2.45) is 5.92 Å². The van der Waals surface area contributed by atoms with Crippen LogP contribution in [-0.4, -0.2) is 13.1 Å². The lowest BCUT2D eigenvalue weighted by Crippen LogP contribution is -2.25. The quantitative estimate of drug-likeness (QED) is 0.798. The van der Waals surface area contributed by atoms with Crippen LogP contribution in [0.25, 0.3) is 0 Å². The van der Waals surface area contributed by atoms with E-state index >= 15 is 0 Å². The molecule has 0 radical (unpaired) electrons. The smallest absolute Gasteiger partial charge is 0.101 e. The second kappa shape index (κ2) is 6.11. The highest BCUT2D eigenvalue weighted by atomic mass is 35.5. The van der Waals surface area contributed by atoms with Gasteiger partial charge < -0.3 is 4.90 Å². The Labute approximate surface area is 114 Å². The summed E-state index contributed by atoms with van der Waals surface area (Å²) in [4.78, 5) is 2.32. The van der Waals surface area contributed by atoms with Crippen LogP contribution in [-0.2, 0) is 0 Å². The maximum atomic E-state index is 9.19. The van der Waals surface area contributed by atoms with Gasteiger partial charge in [-0.2, -0.15) is 5.26 Å². The molecule has 3 heteroatoms. The van der Waals surface area contributed by atoms with E-state index in [0.717, 1.165) is 30.3 Å². The van der Waals surface area contributed by atoms with Crippen LogP contribution in [0.5, 0.6) is 0 Å². The summed E-state index contributed by atoms with van der Waals surface area (Å²) in [6.45, 7) is 4.33. The molecular formula is C15H19ClN2. The number of rotatable bonds is 2. The van der Waals surface area contributed by atoms with Gasteiger partial charge in [-0.05, 0) is 43.4 Å². The molecule has 2 nitrogen and oxygen atoms in total. The van der Waals surface area contributed by atoms with Gasteiger partial charge in [0.15, 0.2) is 0 Å². The van der Waals surface area contributed by atoms with Gasteiger partial charge in [0.2, 0.25) is 0 Å². The SMILES string of the molecule is CCC1CCCN(c2cc(Cl)ccc2C#N)CC1. The number of benzene rings is 1. The van der Waals surface area contributed by atoms with Crippen LogP contribution in [0.4, 0.5) is 5.69 Å². The largest absolute Gasteiger partial charge is 0.370 e. The molecule has 0 amide bonds. The minimum Gasteiger partial charge on any atom is -0.370 e. The second-order valence-corrected chi connectivity index (χ2v) is 5.40. The Morgan fingerprint density at radius 2 is 2.22 bits per heavy atom. The monoisotopic (exact) mass is 262 g/mol. The predicted molar refractivity (Wildman–Crippen MR) is 76.0 cm³/mol. The zero-order valence-electron chi connectivity index (χ0n) is 10.8. The highest BCUT2D eigenvalue weighted by Gasteiger charge is 2.18. The molecule has 18 heavy (non-hydrogen) atoms. The van der Waals surface area contributed by atoms with Crippen LogP contribution in [0.2, 0.25) is 5.02 Å². The molecule has 1 aliphatic rings. The van der Waals surface area contributed by atoms with Gasteiger partial charge in [-0.1, -0.05) is 24.9 Å². The van der Waals surface area contributed by atoms with Gasteiger partial charge in [-0.25, -0.2) is 0 Å². The lowest BCUT2D eigenvalue weighted by Gasteiger charge is -2.24. The predicted octanol–water partition coefficient (Wildman–Crippen LogP) is 4.23. The van der Waals surface area contributed by atoms with Crippen LogP contribution >= 0.6 is 11.6 Å². The van der Waals surface area contributed by atoms with Crippen molar-refractivity contribution in [1.82, 2.24) is 0 Å². The molecule has 0 bridgehead atoms. The summed E-state index contributed by atoms with van der Waals surface area (Å²) in [7, 11) is 0. The fourth-order valence-electron chi connectivity index (χ4n) is 2.68. The van der Waals surface area contributed by atoms with E-state index in [1.807, 2.05) is 12.1 Å². The molecule has 0 N–H and O–H groups in total. The Morgan fingerprint density at radius 1 is 1.39 bits per heavy atom. The van der Waals surface area contributed by atoms with E-state index in [4.69, 9.17) is 11.6 Å². The molecule has 1 aliphatic heterocycles. The molecule has 0 saturated carbocycles. The van der Waals surface area contributed by atoms with E-state index in [1.54, 1.807) is 6.07 Å². The normalized spacial score (nSPS) is 20.3. The second-order valence-electron chi connectivity index (χ2n) is 4.97. The molecule has 1 unspecified atom stereocenters. The molecule has 0 aliphatic carbocycles. The Bertz CT molecular complexity index is 450. The number of hydrogen-bond acceptors (Lipinski definition) is 2. The lowest BCUT2D eigenvalue weighted by atomic mass is 9.98. The van der Waals surface area contributed by atoms with Crippen molar-refractivity contribution >= 4 is 17.3 Å². The molecule has 0 aromatic heterocycles. The molecule has 1 aromatic rings. The van der Waals surface area contributed by atoms with Crippen molar-refractivity contribution in [2.75, 3.05) is 18.0 Å². The van der Waals surface area contributed by atoms with E-state index in [9.17, 15) is 5.26 Å². The van der Waals surface area contributed by atoms with Crippen molar-refractivity contribution in [3.63, 3.8) is 0 Å². The first kappa shape index (κ1) is 13.2. The van der Waals surface area contributed by atoms with Crippen LogP contribution in [0.15, 0.2) is 18.2 Å². The summed E-state index contributed by atoms with van der Waals surface area (Å²) in [6.07, 6.45) is 4.98. The average molecular weight is 263 g/mol. The van der Waals surface area contributed by atoms with E-state index in [1.165, 1.54) is 25.7 Å². The van der Waals surface area contributed by atoms with Crippen LogP contribution in [0, 0.1) is 17.2 Å². The third-order valence-electron chi connectivity index (χ3n) is 3.85. The highest BCUT2D eigenvalue weighted by Crippen LogP contribution is 2.28. The summed E-state index contributed by atoms with van der Waals surface area (Å²) in [5, 5.41) is 9.90. The van der Waals surface area contributed by atoms with Gasteiger partial charge in [-0.3, -0.25) is 0 Å². The van der Waals surface area contributed by atoms with Crippen LogP contribution in [0.1, 0.15) is 38.2 Å². The first-order valence-electron chi connectivity index (χ1n) is 6.69. The number of halogens is 1. The van der Waals surface area contributed by atoms with Crippen LogP contribution in [0.3, 0.4) is 0 Å². The summed E-state index contributed by atoms with van der Waals surface area (Å²) in [6, 6.07) is 7.80. The van der Waals surface area contributed by atoms with Gasteiger partial charge in [0, 0.05) is 18.1 Å². The zero-order valence-corrected chi connectivity index (χ0v) is 11.6. The summed E-state index contributed by atoms with van der Waals surface area (Å²) in [5.74, 6) is 0.833. The van der Waals surface area contributed by atoms with E-state index < -0.39 is 0 Å². The molecule has 96 valence electrons. The maximum absolute atomic E-state index is 9.19. The Hall–Kier alpha value is -1.20. The molecular weight excluding hydrogens is 244 g/mol. The van der Waals surface area contributed by atoms with Crippen molar-refractivity contribution in [3.8, 4) is 6.07 Å². The van der Waals surface area contributed by atoms with Crippen molar-refractivity contribution in [1.29, 1.82) is 5.26 Å². The summed E-state index contributed by atoms with van der Waals surface area (Å²) >= 11 is 6.05. The maximum Gasteiger partial charge on any atom is 0.101 e. The van der Waals surface area contributed by atoms with Crippen molar-refractivity contribution in [3.05, 3.63) is 28.8 Å². The molecule has 1 heterocycles. The Morgan fingerprint density at radius 3 is 2.94 bits per heavy atom. The van der Waals surface area contributed by atoms with Crippen molar-refractivity contribution in [2.45, 2.75) is 32.6 Å². The number of nitrogens with zero attached hydrogens (tertiary/aromatic N) is 2. The Balaban J connectivity index is 2.21. The first-order valence-corrected chi connectivity index (χ1v) is 7.07. The van der Waals surface area contributed by atoms with Crippen molar-refractivity contribution < 1.29 is 0 Å². The molecule has 2 rings (SSSR count). The fraction of sp³-hybridized carbons (Fsp3) is 0.533. The number of anilines is 1. The fourth-order valence-corrected chi connectivity index (χ4v) is 2.84. The van der Waals surface area contributed by atoms with Gasteiger partial charge in [0.05, 0.1) is 11.3 Å².